The Morgan fingerprint density at radius 2 is 1.84 bits per heavy atom. The fourth-order valence-corrected chi connectivity index (χ4v) is 3.46. The third kappa shape index (κ3) is 10.5. The summed E-state index contributed by atoms with van der Waals surface area (Å²) in [6.45, 7) is 5.65. The van der Waals surface area contributed by atoms with Gasteiger partial charge in [-0.15, -0.1) is 0 Å². The summed E-state index contributed by atoms with van der Waals surface area (Å²) in [6.07, 6.45) is 15.2. The van der Waals surface area contributed by atoms with E-state index in [1.165, 1.54) is 51.0 Å². The minimum atomic E-state index is -0.341. The van der Waals surface area contributed by atoms with Crippen molar-refractivity contribution in [2.75, 3.05) is 25.1 Å². The standard InChI is InChI=1S/C27H38N2O3/c1-3-5-6-7-8-9-10-15-25-26(16-12-19-28-25)29-20-21-32-24-14-11-13-23(22-24)17-18-27(30)31-4-2/h11-14,16-19,22,29H,3-10,15,20-21H2,1-2H3/b18-17+. The molecule has 2 aromatic rings. The number of ether oxygens (including phenoxy) is 2. The molecular weight excluding hydrogens is 400 g/mol. The highest BCUT2D eigenvalue weighted by molar-refractivity contribution is 5.87. The number of benzene rings is 1. The van der Waals surface area contributed by atoms with Gasteiger partial charge in [0.2, 0.25) is 0 Å². The van der Waals surface area contributed by atoms with Crippen LogP contribution in [0, 0.1) is 0 Å². The smallest absolute Gasteiger partial charge is 0.330 e. The first-order valence-electron chi connectivity index (χ1n) is 12.0. The van der Waals surface area contributed by atoms with E-state index >= 15 is 0 Å². The minimum absolute atomic E-state index is 0.341. The van der Waals surface area contributed by atoms with Gasteiger partial charge in [0.05, 0.1) is 18.0 Å². The first-order valence-corrected chi connectivity index (χ1v) is 12.0. The number of hydrogen-bond donors (Lipinski definition) is 1. The molecule has 174 valence electrons. The van der Waals surface area contributed by atoms with Crippen LogP contribution in [-0.4, -0.2) is 30.7 Å². The zero-order valence-electron chi connectivity index (χ0n) is 19.6. The van der Waals surface area contributed by atoms with Gasteiger partial charge in [0.15, 0.2) is 0 Å². The van der Waals surface area contributed by atoms with E-state index in [0.29, 0.717) is 19.8 Å². The Labute approximate surface area is 193 Å². The second kappa shape index (κ2) is 15.9. The number of esters is 1. The molecule has 0 fully saturated rings. The summed E-state index contributed by atoms with van der Waals surface area (Å²) in [5.74, 6) is 0.430. The number of nitrogens with one attached hydrogen (secondary N) is 1. The van der Waals surface area contributed by atoms with Crippen LogP contribution in [0.2, 0.25) is 0 Å². The Bertz CT molecular complexity index is 820. The van der Waals surface area contributed by atoms with Gasteiger partial charge in [0.1, 0.15) is 12.4 Å². The average molecular weight is 439 g/mol. The summed E-state index contributed by atoms with van der Waals surface area (Å²) in [6, 6.07) is 11.7. The lowest BCUT2D eigenvalue weighted by Gasteiger charge is -2.12. The van der Waals surface area contributed by atoms with E-state index in [1.807, 2.05) is 36.5 Å². The number of rotatable bonds is 16. The van der Waals surface area contributed by atoms with Crippen LogP contribution in [0.4, 0.5) is 5.69 Å². The molecule has 5 heteroatoms. The largest absolute Gasteiger partial charge is 0.492 e. The molecule has 0 aliphatic rings. The van der Waals surface area contributed by atoms with Crippen LogP contribution in [0.5, 0.6) is 5.75 Å². The van der Waals surface area contributed by atoms with Crippen molar-refractivity contribution >= 4 is 17.7 Å². The molecule has 0 saturated heterocycles. The fraction of sp³-hybridized carbons (Fsp3) is 0.481. The maximum absolute atomic E-state index is 11.5. The highest BCUT2D eigenvalue weighted by Gasteiger charge is 2.04. The molecule has 0 radical (unpaired) electrons. The van der Waals surface area contributed by atoms with E-state index in [-0.39, 0.29) is 5.97 Å². The van der Waals surface area contributed by atoms with Crippen molar-refractivity contribution in [3.63, 3.8) is 0 Å². The van der Waals surface area contributed by atoms with Gasteiger partial charge in [0, 0.05) is 18.8 Å². The normalized spacial score (nSPS) is 10.9. The molecule has 1 N–H and O–H groups in total. The quantitative estimate of drug-likeness (QED) is 0.186. The highest BCUT2D eigenvalue weighted by Crippen LogP contribution is 2.17. The molecule has 0 aliphatic heterocycles. The van der Waals surface area contributed by atoms with Gasteiger partial charge in [0.25, 0.3) is 0 Å². The fourth-order valence-electron chi connectivity index (χ4n) is 3.46. The van der Waals surface area contributed by atoms with E-state index in [9.17, 15) is 4.79 Å². The van der Waals surface area contributed by atoms with Crippen LogP contribution < -0.4 is 10.1 Å². The number of pyridine rings is 1. The molecule has 0 atom stereocenters. The lowest BCUT2D eigenvalue weighted by atomic mass is 10.1. The molecule has 1 heterocycles. The third-order valence-corrected chi connectivity index (χ3v) is 5.15. The van der Waals surface area contributed by atoms with Crippen LogP contribution in [0.1, 0.15) is 70.1 Å². The van der Waals surface area contributed by atoms with Crippen molar-refractivity contribution in [2.24, 2.45) is 0 Å². The molecule has 0 unspecified atom stereocenters. The third-order valence-electron chi connectivity index (χ3n) is 5.15. The number of nitrogens with zero attached hydrogens (tertiary/aromatic N) is 1. The Hall–Kier alpha value is -2.82. The lowest BCUT2D eigenvalue weighted by Crippen LogP contribution is -2.13. The predicted octanol–water partition coefficient (Wildman–Crippen LogP) is 6.44. The highest BCUT2D eigenvalue weighted by atomic mass is 16.5. The number of carbonyl (C=O) groups is 1. The van der Waals surface area contributed by atoms with Crippen molar-refractivity contribution in [1.29, 1.82) is 0 Å². The minimum Gasteiger partial charge on any atom is -0.492 e. The molecule has 1 aromatic heterocycles. The Balaban J connectivity index is 1.73. The number of aromatic nitrogens is 1. The van der Waals surface area contributed by atoms with Crippen molar-refractivity contribution in [1.82, 2.24) is 4.98 Å². The first kappa shape index (κ1) is 25.4. The number of hydrogen-bond acceptors (Lipinski definition) is 5. The molecule has 0 spiro atoms. The molecule has 5 nitrogen and oxygen atoms in total. The maximum Gasteiger partial charge on any atom is 0.330 e. The number of anilines is 1. The second-order valence-corrected chi connectivity index (χ2v) is 7.80. The topological polar surface area (TPSA) is 60.5 Å². The van der Waals surface area contributed by atoms with Crippen molar-refractivity contribution in [3.8, 4) is 5.75 Å². The van der Waals surface area contributed by atoms with Gasteiger partial charge in [-0.1, -0.05) is 57.6 Å². The Morgan fingerprint density at radius 1 is 1.03 bits per heavy atom. The van der Waals surface area contributed by atoms with Crippen molar-refractivity contribution in [2.45, 2.75) is 65.2 Å². The zero-order chi connectivity index (χ0) is 22.9. The Kier molecular flexibility index (Phi) is 12.6. The molecule has 2 rings (SSSR count). The van der Waals surface area contributed by atoms with Gasteiger partial charge in [-0.25, -0.2) is 4.79 Å². The summed E-state index contributed by atoms with van der Waals surface area (Å²) in [5, 5.41) is 3.46. The predicted molar refractivity (Wildman–Crippen MR) is 132 cm³/mol. The van der Waals surface area contributed by atoms with Crippen LogP contribution in [0.3, 0.4) is 0 Å². The molecule has 0 saturated carbocycles. The summed E-state index contributed by atoms with van der Waals surface area (Å²) in [7, 11) is 0. The molecule has 1 aromatic carbocycles. The van der Waals surface area contributed by atoms with Crippen LogP contribution in [0.25, 0.3) is 6.08 Å². The molecular formula is C27H38N2O3. The number of carbonyl (C=O) groups excluding carboxylic acids is 1. The van der Waals surface area contributed by atoms with Gasteiger partial charge in [-0.3, -0.25) is 4.98 Å². The summed E-state index contributed by atoms with van der Waals surface area (Å²) in [4.78, 5) is 16.0. The van der Waals surface area contributed by atoms with E-state index in [2.05, 4.69) is 23.3 Å². The lowest BCUT2D eigenvalue weighted by molar-refractivity contribution is -0.137. The average Bonchev–Trinajstić information content (AvgIpc) is 2.81. The van der Waals surface area contributed by atoms with Crippen LogP contribution in [-0.2, 0) is 16.0 Å². The van der Waals surface area contributed by atoms with Gasteiger partial charge in [-0.2, -0.15) is 0 Å². The maximum atomic E-state index is 11.5. The van der Waals surface area contributed by atoms with Gasteiger partial charge < -0.3 is 14.8 Å². The van der Waals surface area contributed by atoms with E-state index in [0.717, 1.165) is 29.1 Å². The van der Waals surface area contributed by atoms with Crippen LogP contribution >= 0.6 is 0 Å². The van der Waals surface area contributed by atoms with E-state index in [1.54, 1.807) is 13.0 Å². The monoisotopic (exact) mass is 438 g/mol. The van der Waals surface area contributed by atoms with Gasteiger partial charge >= 0.3 is 5.97 Å². The molecule has 0 bridgehead atoms. The van der Waals surface area contributed by atoms with E-state index < -0.39 is 0 Å². The molecule has 32 heavy (non-hydrogen) atoms. The zero-order valence-corrected chi connectivity index (χ0v) is 19.6. The summed E-state index contributed by atoms with van der Waals surface area (Å²) >= 11 is 0. The van der Waals surface area contributed by atoms with Crippen molar-refractivity contribution < 1.29 is 14.3 Å². The number of aryl methyl sites for hydroxylation is 1. The first-order chi connectivity index (χ1) is 15.7. The van der Waals surface area contributed by atoms with Gasteiger partial charge in [-0.05, 0) is 55.7 Å². The summed E-state index contributed by atoms with van der Waals surface area (Å²) in [5.41, 5.74) is 3.12. The summed E-state index contributed by atoms with van der Waals surface area (Å²) < 4.78 is 10.8. The second-order valence-electron chi connectivity index (χ2n) is 7.80. The van der Waals surface area contributed by atoms with Crippen LogP contribution in [0.15, 0.2) is 48.7 Å². The number of unbranched alkanes of at least 4 members (excludes halogenated alkanes) is 6. The molecule has 0 aliphatic carbocycles. The van der Waals surface area contributed by atoms with Crippen molar-refractivity contribution in [3.05, 3.63) is 59.9 Å². The molecule has 0 amide bonds. The van der Waals surface area contributed by atoms with E-state index in [4.69, 9.17) is 9.47 Å². The SMILES string of the molecule is CCCCCCCCCc1ncccc1NCCOc1cccc(/C=C/C(=O)OCC)c1. The Morgan fingerprint density at radius 3 is 2.66 bits per heavy atom.